The standard InChI is InChI=1S/C13H20N2O4/c1-7(16)14-5-4-10(17)15-12-9-3-2-8(6-9)11(12)13(18)19/h8-9,11-12H,2-6H2,1H3,(H,14,16)(H,15,17)(H,18,19). The van der Waals surface area contributed by atoms with Crippen LogP contribution in [-0.4, -0.2) is 35.5 Å². The quantitative estimate of drug-likeness (QED) is 0.660. The summed E-state index contributed by atoms with van der Waals surface area (Å²) < 4.78 is 0. The number of fused-ring (bicyclic) bond motifs is 2. The number of carbonyl (C=O) groups excluding carboxylic acids is 2. The fourth-order valence-electron chi connectivity index (χ4n) is 3.46. The Labute approximate surface area is 111 Å². The van der Waals surface area contributed by atoms with E-state index < -0.39 is 11.9 Å². The van der Waals surface area contributed by atoms with E-state index in [1.165, 1.54) is 6.92 Å². The van der Waals surface area contributed by atoms with Gasteiger partial charge in [-0.2, -0.15) is 0 Å². The summed E-state index contributed by atoms with van der Waals surface area (Å²) in [6.07, 6.45) is 3.07. The van der Waals surface area contributed by atoms with Gasteiger partial charge in [-0.1, -0.05) is 0 Å². The highest BCUT2D eigenvalue weighted by molar-refractivity contribution is 5.80. The summed E-state index contributed by atoms with van der Waals surface area (Å²) in [5.41, 5.74) is 0. The molecule has 0 spiro atoms. The molecule has 2 bridgehead atoms. The Balaban J connectivity index is 1.85. The van der Waals surface area contributed by atoms with Gasteiger partial charge in [0, 0.05) is 25.9 Å². The van der Waals surface area contributed by atoms with E-state index in [-0.39, 0.29) is 30.2 Å². The van der Waals surface area contributed by atoms with Crippen molar-refractivity contribution in [3.63, 3.8) is 0 Å². The van der Waals surface area contributed by atoms with Gasteiger partial charge in [0.25, 0.3) is 0 Å². The second kappa shape index (κ2) is 5.59. The zero-order chi connectivity index (χ0) is 14.0. The van der Waals surface area contributed by atoms with Crippen molar-refractivity contribution in [1.29, 1.82) is 0 Å². The number of carbonyl (C=O) groups is 3. The molecule has 0 aromatic rings. The second-order valence-corrected chi connectivity index (χ2v) is 5.52. The van der Waals surface area contributed by atoms with Crippen LogP contribution in [0.3, 0.4) is 0 Å². The molecule has 4 unspecified atom stereocenters. The third-order valence-electron chi connectivity index (χ3n) is 4.26. The summed E-state index contributed by atoms with van der Waals surface area (Å²) in [6, 6.07) is -0.235. The molecular formula is C13H20N2O4. The number of aliphatic carboxylic acids is 1. The monoisotopic (exact) mass is 268 g/mol. The van der Waals surface area contributed by atoms with Gasteiger partial charge in [0.15, 0.2) is 0 Å². The SMILES string of the molecule is CC(=O)NCCC(=O)NC1C2CCC(C2)C1C(=O)O. The van der Waals surface area contributed by atoms with Crippen LogP contribution < -0.4 is 10.6 Å². The number of rotatable bonds is 5. The molecule has 0 saturated heterocycles. The minimum Gasteiger partial charge on any atom is -0.481 e. The summed E-state index contributed by atoms with van der Waals surface area (Å²) in [4.78, 5) is 33.7. The highest BCUT2D eigenvalue weighted by atomic mass is 16.4. The summed E-state index contributed by atoms with van der Waals surface area (Å²) >= 11 is 0. The third kappa shape index (κ3) is 3.05. The third-order valence-corrected chi connectivity index (χ3v) is 4.26. The molecule has 4 atom stereocenters. The molecule has 3 N–H and O–H groups in total. The smallest absolute Gasteiger partial charge is 0.308 e. The number of hydrogen-bond donors (Lipinski definition) is 3. The lowest BCUT2D eigenvalue weighted by molar-refractivity contribution is -0.144. The Morgan fingerprint density at radius 2 is 1.89 bits per heavy atom. The second-order valence-electron chi connectivity index (χ2n) is 5.52. The van der Waals surface area contributed by atoms with Gasteiger partial charge in [0.05, 0.1) is 5.92 Å². The normalized spacial score (nSPS) is 32.1. The summed E-state index contributed by atoms with van der Waals surface area (Å²) in [5.74, 6) is -1.09. The van der Waals surface area contributed by atoms with Crippen LogP contribution in [0.5, 0.6) is 0 Å². The lowest BCUT2D eigenvalue weighted by Gasteiger charge is -2.28. The average Bonchev–Trinajstić information content (AvgIpc) is 2.88. The van der Waals surface area contributed by atoms with Crippen LogP contribution in [0.1, 0.15) is 32.6 Å². The van der Waals surface area contributed by atoms with Crippen LogP contribution in [0, 0.1) is 17.8 Å². The Bertz CT molecular complexity index is 396. The number of carboxylic acid groups (broad SMARTS) is 1. The first-order valence-corrected chi connectivity index (χ1v) is 6.75. The van der Waals surface area contributed by atoms with E-state index in [0.717, 1.165) is 19.3 Å². The van der Waals surface area contributed by atoms with Gasteiger partial charge >= 0.3 is 5.97 Å². The van der Waals surface area contributed by atoms with E-state index in [1.807, 2.05) is 0 Å². The van der Waals surface area contributed by atoms with E-state index in [2.05, 4.69) is 10.6 Å². The van der Waals surface area contributed by atoms with Crippen LogP contribution >= 0.6 is 0 Å². The maximum absolute atomic E-state index is 11.8. The molecule has 0 aliphatic heterocycles. The molecular weight excluding hydrogens is 248 g/mol. The van der Waals surface area contributed by atoms with Gasteiger partial charge in [-0.15, -0.1) is 0 Å². The van der Waals surface area contributed by atoms with Crippen molar-refractivity contribution < 1.29 is 19.5 Å². The van der Waals surface area contributed by atoms with E-state index >= 15 is 0 Å². The van der Waals surface area contributed by atoms with E-state index in [4.69, 9.17) is 0 Å². The molecule has 6 heteroatoms. The van der Waals surface area contributed by atoms with Crippen LogP contribution in [0.4, 0.5) is 0 Å². The van der Waals surface area contributed by atoms with Crippen molar-refractivity contribution in [2.24, 2.45) is 17.8 Å². The molecule has 2 aliphatic carbocycles. The van der Waals surface area contributed by atoms with Crippen molar-refractivity contribution in [2.45, 2.75) is 38.6 Å². The minimum absolute atomic E-state index is 0.170. The molecule has 0 radical (unpaired) electrons. The van der Waals surface area contributed by atoms with Crippen molar-refractivity contribution in [1.82, 2.24) is 10.6 Å². The van der Waals surface area contributed by atoms with E-state index in [0.29, 0.717) is 12.5 Å². The Morgan fingerprint density at radius 3 is 2.53 bits per heavy atom. The first kappa shape index (κ1) is 13.8. The maximum atomic E-state index is 11.8. The first-order chi connectivity index (χ1) is 8.99. The molecule has 2 amide bonds. The molecule has 2 aliphatic rings. The minimum atomic E-state index is -0.806. The summed E-state index contributed by atoms with van der Waals surface area (Å²) in [6.45, 7) is 1.69. The fourth-order valence-corrected chi connectivity index (χ4v) is 3.46. The largest absolute Gasteiger partial charge is 0.481 e. The van der Waals surface area contributed by atoms with Crippen LogP contribution in [0.15, 0.2) is 0 Å². The van der Waals surface area contributed by atoms with Gasteiger partial charge in [-0.05, 0) is 31.1 Å². The molecule has 2 rings (SSSR count). The van der Waals surface area contributed by atoms with Crippen molar-refractivity contribution >= 4 is 17.8 Å². The first-order valence-electron chi connectivity index (χ1n) is 6.75. The zero-order valence-electron chi connectivity index (χ0n) is 11.0. The molecule has 0 aromatic carbocycles. The van der Waals surface area contributed by atoms with Gasteiger partial charge in [-0.25, -0.2) is 0 Å². The molecule has 0 aromatic heterocycles. The average molecular weight is 268 g/mol. The van der Waals surface area contributed by atoms with Crippen LogP contribution in [-0.2, 0) is 14.4 Å². The van der Waals surface area contributed by atoms with Crippen LogP contribution in [0.25, 0.3) is 0 Å². The van der Waals surface area contributed by atoms with Crippen molar-refractivity contribution in [3.05, 3.63) is 0 Å². The summed E-state index contributed by atoms with van der Waals surface area (Å²) in [5, 5.41) is 14.7. The highest BCUT2D eigenvalue weighted by Crippen LogP contribution is 2.48. The number of hydrogen-bond acceptors (Lipinski definition) is 3. The number of nitrogens with one attached hydrogen (secondary N) is 2. The molecule has 106 valence electrons. The number of carboxylic acids is 1. The van der Waals surface area contributed by atoms with Gasteiger partial charge in [0.1, 0.15) is 0 Å². The lowest BCUT2D eigenvalue weighted by Crippen LogP contribution is -2.47. The summed E-state index contributed by atoms with van der Waals surface area (Å²) in [7, 11) is 0. The van der Waals surface area contributed by atoms with Crippen LogP contribution in [0.2, 0.25) is 0 Å². The predicted octanol–water partition coefficient (Wildman–Crippen LogP) is 0.128. The van der Waals surface area contributed by atoms with Crippen molar-refractivity contribution in [3.8, 4) is 0 Å². The highest BCUT2D eigenvalue weighted by Gasteiger charge is 2.51. The molecule has 6 nitrogen and oxygen atoms in total. The van der Waals surface area contributed by atoms with Gasteiger partial charge < -0.3 is 15.7 Å². The molecule has 2 saturated carbocycles. The van der Waals surface area contributed by atoms with E-state index in [1.54, 1.807) is 0 Å². The topological polar surface area (TPSA) is 95.5 Å². The molecule has 2 fully saturated rings. The van der Waals surface area contributed by atoms with Gasteiger partial charge in [0.2, 0.25) is 11.8 Å². The molecule has 19 heavy (non-hydrogen) atoms. The van der Waals surface area contributed by atoms with E-state index in [9.17, 15) is 19.5 Å². The lowest BCUT2D eigenvalue weighted by atomic mass is 9.84. The Kier molecular flexibility index (Phi) is 4.07. The zero-order valence-corrected chi connectivity index (χ0v) is 11.0. The fraction of sp³-hybridized carbons (Fsp3) is 0.769. The molecule has 0 heterocycles. The number of amides is 2. The Morgan fingerprint density at radius 1 is 1.21 bits per heavy atom. The Hall–Kier alpha value is -1.59. The maximum Gasteiger partial charge on any atom is 0.308 e. The van der Waals surface area contributed by atoms with Gasteiger partial charge in [-0.3, -0.25) is 14.4 Å². The van der Waals surface area contributed by atoms with Crippen molar-refractivity contribution in [2.75, 3.05) is 6.54 Å². The predicted molar refractivity (Wildman–Crippen MR) is 67.2 cm³/mol.